The van der Waals surface area contributed by atoms with Gasteiger partial charge in [0, 0.05) is 13.0 Å². The van der Waals surface area contributed by atoms with Crippen LogP contribution < -0.4 is 0 Å². The minimum Gasteiger partial charge on any atom is -0.329 e. The quantitative estimate of drug-likeness (QED) is 0.776. The number of nitrogens with zero attached hydrogens (tertiary/aromatic N) is 1. The molecule has 0 saturated carbocycles. The predicted octanol–water partition coefficient (Wildman–Crippen LogP) is 1.94. The van der Waals surface area contributed by atoms with Crippen LogP contribution in [0.2, 0.25) is 0 Å². The molecule has 3 nitrogen and oxygen atoms in total. The van der Waals surface area contributed by atoms with E-state index < -0.39 is 6.04 Å². The van der Waals surface area contributed by atoms with Gasteiger partial charge in [0.1, 0.15) is 6.04 Å². The van der Waals surface area contributed by atoms with E-state index in [0.29, 0.717) is 13.0 Å². The van der Waals surface area contributed by atoms with E-state index in [4.69, 9.17) is 0 Å². The summed E-state index contributed by atoms with van der Waals surface area (Å²) >= 11 is 0. The van der Waals surface area contributed by atoms with E-state index >= 15 is 0 Å². The summed E-state index contributed by atoms with van der Waals surface area (Å²) in [5.74, 6) is 0.116. The van der Waals surface area contributed by atoms with Crippen molar-refractivity contribution in [2.45, 2.75) is 25.8 Å². The third-order valence-corrected chi connectivity index (χ3v) is 2.92. The van der Waals surface area contributed by atoms with E-state index in [1.165, 1.54) is 0 Å². The number of carbonyl (C=O) groups excluding carboxylic acids is 2. The Labute approximate surface area is 95.1 Å². The van der Waals surface area contributed by atoms with E-state index in [1.807, 2.05) is 30.3 Å². The van der Waals surface area contributed by atoms with Crippen LogP contribution in [0, 0.1) is 0 Å². The van der Waals surface area contributed by atoms with Gasteiger partial charge in [0.2, 0.25) is 5.91 Å². The van der Waals surface area contributed by atoms with E-state index in [0.717, 1.165) is 12.0 Å². The first-order valence-electron chi connectivity index (χ1n) is 5.55. The van der Waals surface area contributed by atoms with E-state index in [1.54, 1.807) is 11.8 Å². The molecule has 0 N–H and O–H groups in total. The summed E-state index contributed by atoms with van der Waals surface area (Å²) in [6.07, 6.45) is 1.42. The van der Waals surface area contributed by atoms with Gasteiger partial charge in [-0.05, 0) is 18.9 Å². The summed E-state index contributed by atoms with van der Waals surface area (Å²) in [6, 6.07) is 9.11. The van der Waals surface area contributed by atoms with Gasteiger partial charge in [-0.25, -0.2) is 0 Å². The highest BCUT2D eigenvalue weighted by Crippen LogP contribution is 2.26. The largest absolute Gasteiger partial charge is 0.329 e. The van der Waals surface area contributed by atoms with Crippen LogP contribution in [0.3, 0.4) is 0 Å². The predicted molar refractivity (Wildman–Crippen MR) is 60.8 cm³/mol. The van der Waals surface area contributed by atoms with Crippen LogP contribution in [0.15, 0.2) is 30.3 Å². The highest BCUT2D eigenvalue weighted by Gasteiger charge is 2.31. The molecular formula is C13H15NO2. The lowest BCUT2D eigenvalue weighted by atomic mass is 10.0. The summed E-state index contributed by atoms with van der Waals surface area (Å²) < 4.78 is 0. The van der Waals surface area contributed by atoms with Crippen LogP contribution in [-0.2, 0) is 9.59 Å². The topological polar surface area (TPSA) is 37.4 Å². The van der Waals surface area contributed by atoms with E-state index in [9.17, 15) is 9.59 Å². The Kier molecular flexibility index (Phi) is 3.04. The van der Waals surface area contributed by atoms with Crippen molar-refractivity contribution < 1.29 is 9.59 Å². The lowest BCUT2D eigenvalue weighted by molar-refractivity contribution is -0.135. The second-order valence-corrected chi connectivity index (χ2v) is 4.11. The lowest BCUT2D eigenvalue weighted by Crippen LogP contribution is -2.33. The van der Waals surface area contributed by atoms with Crippen molar-refractivity contribution in [1.29, 1.82) is 0 Å². The molecule has 2 rings (SSSR count). The molecule has 1 fully saturated rings. The molecule has 0 aliphatic carbocycles. The molecule has 0 radical (unpaired) electrons. The van der Waals surface area contributed by atoms with Crippen LogP contribution in [0.5, 0.6) is 0 Å². The van der Waals surface area contributed by atoms with Crippen LogP contribution in [0.4, 0.5) is 0 Å². The molecule has 1 aromatic carbocycles. The van der Waals surface area contributed by atoms with Crippen molar-refractivity contribution in [3.63, 3.8) is 0 Å². The number of hydrogen-bond donors (Lipinski definition) is 0. The summed E-state index contributed by atoms with van der Waals surface area (Å²) in [4.78, 5) is 25.0. The third kappa shape index (κ3) is 1.98. The van der Waals surface area contributed by atoms with Crippen molar-refractivity contribution in [3.8, 4) is 0 Å². The molecule has 1 amide bonds. The number of likely N-dealkylation sites (tertiary alicyclic amines) is 1. The summed E-state index contributed by atoms with van der Waals surface area (Å²) in [6.45, 7) is 2.24. The van der Waals surface area contributed by atoms with Gasteiger partial charge in [-0.1, -0.05) is 30.3 Å². The van der Waals surface area contributed by atoms with Crippen molar-refractivity contribution in [2.24, 2.45) is 0 Å². The zero-order chi connectivity index (χ0) is 11.5. The molecule has 1 aliphatic rings. The molecule has 1 heterocycles. The van der Waals surface area contributed by atoms with E-state index in [-0.39, 0.29) is 11.7 Å². The highest BCUT2D eigenvalue weighted by atomic mass is 16.2. The third-order valence-electron chi connectivity index (χ3n) is 2.92. The monoisotopic (exact) mass is 217 g/mol. The number of Topliss-reactive ketones (excluding diaryl/α,β-unsaturated/α-hetero) is 1. The molecule has 0 bridgehead atoms. The first-order valence-corrected chi connectivity index (χ1v) is 5.55. The summed E-state index contributed by atoms with van der Waals surface area (Å²) in [7, 11) is 0. The fourth-order valence-electron chi connectivity index (χ4n) is 2.21. The van der Waals surface area contributed by atoms with Gasteiger partial charge >= 0.3 is 0 Å². The average Bonchev–Trinajstić information content (AvgIpc) is 2.66. The highest BCUT2D eigenvalue weighted by molar-refractivity contribution is 5.89. The first kappa shape index (κ1) is 10.9. The normalized spacial score (nSPS) is 17.6. The van der Waals surface area contributed by atoms with Gasteiger partial charge in [0.25, 0.3) is 0 Å². The van der Waals surface area contributed by atoms with Crippen molar-refractivity contribution in [2.75, 3.05) is 6.54 Å². The maximum atomic E-state index is 11.7. The summed E-state index contributed by atoms with van der Waals surface area (Å²) in [5.41, 5.74) is 0.908. The number of benzene rings is 1. The molecule has 16 heavy (non-hydrogen) atoms. The molecule has 1 atom stereocenters. The molecule has 1 saturated heterocycles. The van der Waals surface area contributed by atoms with Gasteiger partial charge in [-0.15, -0.1) is 0 Å². The Morgan fingerprint density at radius 3 is 2.50 bits per heavy atom. The number of rotatable bonds is 3. The molecule has 1 unspecified atom stereocenters. The van der Waals surface area contributed by atoms with Crippen molar-refractivity contribution in [3.05, 3.63) is 35.9 Å². The fourth-order valence-corrected chi connectivity index (χ4v) is 2.21. The Morgan fingerprint density at radius 1 is 1.31 bits per heavy atom. The molecule has 84 valence electrons. The minimum absolute atomic E-state index is 0.0291. The molecule has 1 aliphatic heterocycles. The maximum absolute atomic E-state index is 11.7. The van der Waals surface area contributed by atoms with Gasteiger partial charge < -0.3 is 4.90 Å². The van der Waals surface area contributed by atoms with Crippen molar-refractivity contribution in [1.82, 2.24) is 4.90 Å². The van der Waals surface area contributed by atoms with Crippen molar-refractivity contribution >= 4 is 11.7 Å². The Hall–Kier alpha value is -1.64. The van der Waals surface area contributed by atoms with Gasteiger partial charge in [-0.3, -0.25) is 9.59 Å². The average molecular weight is 217 g/mol. The number of hydrogen-bond acceptors (Lipinski definition) is 2. The Balaban J connectivity index is 2.31. The molecular weight excluding hydrogens is 202 g/mol. The minimum atomic E-state index is -0.392. The molecule has 0 aromatic heterocycles. The lowest BCUT2D eigenvalue weighted by Gasteiger charge is -2.25. The van der Waals surface area contributed by atoms with E-state index in [2.05, 4.69) is 0 Å². The number of amides is 1. The van der Waals surface area contributed by atoms with Crippen LogP contribution >= 0.6 is 0 Å². The zero-order valence-corrected chi connectivity index (χ0v) is 9.35. The smallest absolute Gasteiger partial charge is 0.223 e. The number of carbonyl (C=O) groups is 2. The zero-order valence-electron chi connectivity index (χ0n) is 9.35. The van der Waals surface area contributed by atoms with Gasteiger partial charge in [0.15, 0.2) is 5.78 Å². The van der Waals surface area contributed by atoms with Gasteiger partial charge in [0.05, 0.1) is 0 Å². The van der Waals surface area contributed by atoms with Crippen LogP contribution in [0.25, 0.3) is 0 Å². The SMILES string of the molecule is CC(=O)C(c1ccccc1)N1CCCC1=O. The summed E-state index contributed by atoms with van der Waals surface area (Å²) in [5, 5.41) is 0. The van der Waals surface area contributed by atoms with Crippen LogP contribution in [-0.4, -0.2) is 23.1 Å². The molecule has 0 spiro atoms. The van der Waals surface area contributed by atoms with Crippen LogP contribution in [0.1, 0.15) is 31.4 Å². The number of ketones is 1. The molecule has 3 heteroatoms. The first-order chi connectivity index (χ1) is 7.70. The van der Waals surface area contributed by atoms with Gasteiger partial charge in [-0.2, -0.15) is 0 Å². The maximum Gasteiger partial charge on any atom is 0.223 e. The Bertz CT molecular complexity index is 400. The second-order valence-electron chi connectivity index (χ2n) is 4.11. The second kappa shape index (κ2) is 4.47. The fraction of sp³-hybridized carbons (Fsp3) is 0.385. The Morgan fingerprint density at radius 2 is 2.00 bits per heavy atom. The molecule has 1 aromatic rings. The standard InChI is InChI=1S/C13H15NO2/c1-10(15)13(11-6-3-2-4-7-11)14-9-5-8-12(14)16/h2-4,6-7,13H,5,8-9H2,1H3.